The van der Waals surface area contributed by atoms with Gasteiger partial charge < -0.3 is 9.84 Å². The summed E-state index contributed by atoms with van der Waals surface area (Å²) in [5.74, 6) is 1.18. The molecule has 26 heavy (non-hydrogen) atoms. The SMILES string of the molecule is Cc1ccc(-n2c(C)nc3c(sc4nccc(OCCO)c43)c2=O)cc1. The van der Waals surface area contributed by atoms with Crippen LogP contribution in [-0.2, 0) is 0 Å². The summed E-state index contributed by atoms with van der Waals surface area (Å²) in [5.41, 5.74) is 2.39. The first-order valence-electron chi connectivity index (χ1n) is 8.21. The molecule has 0 aliphatic heterocycles. The van der Waals surface area contributed by atoms with Gasteiger partial charge in [-0.1, -0.05) is 17.7 Å². The van der Waals surface area contributed by atoms with Crippen molar-refractivity contribution >= 4 is 31.8 Å². The number of hydrogen-bond acceptors (Lipinski definition) is 6. The highest BCUT2D eigenvalue weighted by Crippen LogP contribution is 2.35. The lowest BCUT2D eigenvalue weighted by molar-refractivity contribution is 0.203. The number of ether oxygens (including phenoxy) is 1. The monoisotopic (exact) mass is 367 g/mol. The van der Waals surface area contributed by atoms with E-state index in [9.17, 15) is 4.79 Å². The Morgan fingerprint density at radius 3 is 2.69 bits per heavy atom. The van der Waals surface area contributed by atoms with Gasteiger partial charge in [-0.25, -0.2) is 9.97 Å². The van der Waals surface area contributed by atoms with Gasteiger partial charge in [0.15, 0.2) is 0 Å². The first-order chi connectivity index (χ1) is 12.6. The van der Waals surface area contributed by atoms with Gasteiger partial charge in [0.05, 0.1) is 17.7 Å². The number of nitrogens with zero attached hydrogens (tertiary/aromatic N) is 3. The smallest absolute Gasteiger partial charge is 0.276 e. The number of aliphatic hydroxyl groups excluding tert-OH is 1. The van der Waals surface area contributed by atoms with Gasteiger partial charge in [0.1, 0.15) is 33.2 Å². The summed E-state index contributed by atoms with van der Waals surface area (Å²) in [6.07, 6.45) is 1.63. The highest BCUT2D eigenvalue weighted by atomic mass is 32.1. The van der Waals surface area contributed by atoms with Gasteiger partial charge in [0.25, 0.3) is 5.56 Å². The van der Waals surface area contributed by atoms with Crippen LogP contribution in [0.3, 0.4) is 0 Å². The van der Waals surface area contributed by atoms with Crippen molar-refractivity contribution < 1.29 is 9.84 Å². The van der Waals surface area contributed by atoms with E-state index >= 15 is 0 Å². The van der Waals surface area contributed by atoms with E-state index in [1.807, 2.05) is 38.1 Å². The highest BCUT2D eigenvalue weighted by Gasteiger charge is 2.18. The molecule has 0 spiro atoms. The Hall–Kier alpha value is -2.77. The molecular weight excluding hydrogens is 350 g/mol. The summed E-state index contributed by atoms with van der Waals surface area (Å²) in [5, 5.41) is 9.75. The molecule has 0 aliphatic carbocycles. The molecule has 6 nitrogen and oxygen atoms in total. The molecule has 0 fully saturated rings. The zero-order valence-corrected chi connectivity index (χ0v) is 15.2. The highest BCUT2D eigenvalue weighted by molar-refractivity contribution is 7.25. The van der Waals surface area contributed by atoms with Gasteiger partial charge in [0.2, 0.25) is 0 Å². The average molecular weight is 367 g/mol. The third-order valence-corrected chi connectivity index (χ3v) is 5.24. The van der Waals surface area contributed by atoms with Crippen LogP contribution in [0.1, 0.15) is 11.4 Å². The minimum absolute atomic E-state index is 0.0848. The van der Waals surface area contributed by atoms with Gasteiger partial charge in [-0.2, -0.15) is 0 Å². The Morgan fingerprint density at radius 1 is 1.19 bits per heavy atom. The van der Waals surface area contributed by atoms with Crippen LogP contribution in [0, 0.1) is 13.8 Å². The fraction of sp³-hybridized carbons (Fsp3) is 0.211. The molecule has 0 unspecified atom stereocenters. The zero-order chi connectivity index (χ0) is 18.3. The number of aryl methyl sites for hydroxylation is 2. The molecule has 0 aliphatic rings. The Morgan fingerprint density at radius 2 is 1.96 bits per heavy atom. The van der Waals surface area contributed by atoms with Crippen LogP contribution >= 0.6 is 11.3 Å². The molecule has 0 saturated carbocycles. The van der Waals surface area contributed by atoms with Gasteiger partial charge in [-0.05, 0) is 32.0 Å². The molecule has 7 heteroatoms. The summed E-state index contributed by atoms with van der Waals surface area (Å²) < 4.78 is 7.77. The number of pyridine rings is 1. The molecule has 0 saturated heterocycles. The topological polar surface area (TPSA) is 77.2 Å². The fourth-order valence-electron chi connectivity index (χ4n) is 2.97. The second-order valence-corrected chi connectivity index (χ2v) is 6.98. The number of rotatable bonds is 4. The van der Waals surface area contributed by atoms with E-state index in [1.54, 1.807) is 16.8 Å². The van der Waals surface area contributed by atoms with E-state index in [0.717, 1.165) is 16.6 Å². The summed E-state index contributed by atoms with van der Waals surface area (Å²) in [6.45, 7) is 3.91. The largest absolute Gasteiger partial charge is 0.490 e. The van der Waals surface area contributed by atoms with E-state index in [2.05, 4.69) is 9.97 Å². The van der Waals surface area contributed by atoms with Crippen molar-refractivity contribution in [1.82, 2.24) is 14.5 Å². The van der Waals surface area contributed by atoms with Crippen molar-refractivity contribution in [2.75, 3.05) is 13.2 Å². The van der Waals surface area contributed by atoms with Crippen LogP contribution in [0.5, 0.6) is 5.75 Å². The average Bonchev–Trinajstić information content (AvgIpc) is 3.01. The molecular formula is C19H17N3O3S. The Bertz CT molecular complexity index is 1160. The van der Waals surface area contributed by atoms with Gasteiger partial charge in [-0.3, -0.25) is 9.36 Å². The Kier molecular flexibility index (Phi) is 4.18. The molecule has 1 aromatic carbocycles. The number of aromatic nitrogens is 3. The van der Waals surface area contributed by atoms with Crippen LogP contribution < -0.4 is 10.3 Å². The predicted molar refractivity (Wildman–Crippen MR) is 103 cm³/mol. The molecule has 3 heterocycles. The zero-order valence-electron chi connectivity index (χ0n) is 14.4. The third kappa shape index (κ3) is 2.65. The summed E-state index contributed by atoms with van der Waals surface area (Å²) in [7, 11) is 0. The molecule has 0 bridgehead atoms. The maximum atomic E-state index is 13.2. The van der Waals surface area contributed by atoms with Gasteiger partial charge in [-0.15, -0.1) is 11.3 Å². The molecule has 132 valence electrons. The molecule has 3 aromatic heterocycles. The first kappa shape index (κ1) is 16.7. The number of hydrogen-bond donors (Lipinski definition) is 1. The molecule has 1 N–H and O–H groups in total. The predicted octanol–water partition coefficient (Wildman–Crippen LogP) is 2.98. The van der Waals surface area contributed by atoms with E-state index in [4.69, 9.17) is 9.84 Å². The van der Waals surface area contributed by atoms with Gasteiger partial charge >= 0.3 is 0 Å². The molecule has 0 radical (unpaired) electrons. The van der Waals surface area contributed by atoms with Crippen molar-refractivity contribution in [3.8, 4) is 11.4 Å². The first-order valence-corrected chi connectivity index (χ1v) is 9.03. The number of benzene rings is 1. The van der Waals surface area contributed by atoms with E-state index in [1.165, 1.54) is 11.3 Å². The van der Waals surface area contributed by atoms with Crippen LogP contribution in [-0.4, -0.2) is 32.9 Å². The number of fused-ring (bicyclic) bond motifs is 3. The lowest BCUT2D eigenvalue weighted by atomic mass is 10.2. The standard InChI is InChI=1S/C19H17N3O3S/c1-11-3-5-13(6-4-11)22-12(2)21-16-15-14(25-10-9-23)7-8-20-18(15)26-17(16)19(22)24/h3-8,23H,9-10H2,1-2H3. The summed E-state index contributed by atoms with van der Waals surface area (Å²) in [6, 6.07) is 9.50. The minimum atomic E-state index is -0.118. The maximum Gasteiger partial charge on any atom is 0.276 e. The van der Waals surface area contributed by atoms with E-state index in [-0.39, 0.29) is 18.8 Å². The second kappa shape index (κ2) is 6.51. The number of thiophene rings is 1. The van der Waals surface area contributed by atoms with Crippen molar-refractivity contribution in [2.24, 2.45) is 0 Å². The molecule has 4 aromatic rings. The maximum absolute atomic E-state index is 13.2. The Balaban J connectivity index is 2.01. The Labute approximate surface area is 153 Å². The van der Waals surface area contributed by atoms with Crippen molar-refractivity contribution in [2.45, 2.75) is 13.8 Å². The van der Waals surface area contributed by atoms with Gasteiger partial charge in [0, 0.05) is 6.20 Å². The van der Waals surface area contributed by atoms with Crippen molar-refractivity contribution in [1.29, 1.82) is 0 Å². The van der Waals surface area contributed by atoms with Crippen LogP contribution in [0.25, 0.3) is 26.1 Å². The van der Waals surface area contributed by atoms with Crippen LogP contribution in [0.2, 0.25) is 0 Å². The van der Waals surface area contributed by atoms with Crippen molar-refractivity contribution in [3.05, 3.63) is 58.3 Å². The normalized spacial score (nSPS) is 11.3. The second-order valence-electron chi connectivity index (χ2n) is 5.98. The molecule has 0 amide bonds. The molecule has 4 rings (SSSR count). The molecule has 0 atom stereocenters. The number of aliphatic hydroxyl groups is 1. The third-order valence-electron chi connectivity index (χ3n) is 4.16. The fourth-order valence-corrected chi connectivity index (χ4v) is 3.99. The summed E-state index contributed by atoms with van der Waals surface area (Å²) in [4.78, 5) is 22.9. The summed E-state index contributed by atoms with van der Waals surface area (Å²) >= 11 is 1.31. The quantitative estimate of drug-likeness (QED) is 0.600. The lowest BCUT2D eigenvalue weighted by Gasteiger charge is -2.10. The lowest BCUT2D eigenvalue weighted by Crippen LogP contribution is -2.21. The van der Waals surface area contributed by atoms with Crippen molar-refractivity contribution in [3.63, 3.8) is 0 Å². The van der Waals surface area contributed by atoms with E-state index < -0.39 is 0 Å². The van der Waals surface area contributed by atoms with Crippen LogP contribution in [0.4, 0.5) is 0 Å². The van der Waals surface area contributed by atoms with E-state index in [0.29, 0.717) is 26.6 Å². The van der Waals surface area contributed by atoms with Crippen LogP contribution in [0.15, 0.2) is 41.3 Å². The minimum Gasteiger partial charge on any atom is -0.490 e.